The van der Waals surface area contributed by atoms with Gasteiger partial charge < -0.3 is 15.0 Å². The maximum atomic E-state index is 11.6. The van der Waals surface area contributed by atoms with E-state index in [1.165, 1.54) is 10.5 Å². The number of carbonyl (C=O) groups excluding carboxylic acids is 1. The third-order valence-electron chi connectivity index (χ3n) is 5.30. The molecule has 3 aromatic rings. The number of carbonyl (C=O) groups is 1. The highest BCUT2D eigenvalue weighted by molar-refractivity contribution is 7.99. The second kappa shape index (κ2) is 10.5. The highest BCUT2D eigenvalue weighted by atomic mass is 32.2. The second-order valence-corrected chi connectivity index (χ2v) is 9.49. The average molecular weight is 458 g/mol. The number of benzene rings is 1. The van der Waals surface area contributed by atoms with Crippen LogP contribution in [0, 0.1) is 6.92 Å². The van der Waals surface area contributed by atoms with Crippen molar-refractivity contribution in [3.63, 3.8) is 0 Å². The highest BCUT2D eigenvalue weighted by Crippen LogP contribution is 2.30. The fourth-order valence-corrected chi connectivity index (χ4v) is 5.67. The van der Waals surface area contributed by atoms with Crippen LogP contribution < -0.4 is 5.73 Å². The molecule has 1 fully saturated rings. The summed E-state index contributed by atoms with van der Waals surface area (Å²) in [5.74, 6) is 1.36. The molecule has 1 amide bonds. The van der Waals surface area contributed by atoms with E-state index >= 15 is 0 Å². The smallest absolute Gasteiger partial charge is 0.237 e. The topological polar surface area (TPSA) is 86.3 Å². The summed E-state index contributed by atoms with van der Waals surface area (Å²) in [6.45, 7) is 7.02. The standard InChI is InChI=1S/C22H27N5O2S2/c1-16-18(24-7-6-20(16)30-13-10-26-8-11-29-12-9-26)15-31-22-25-17-4-2-3-5-19(17)27(22)14-21(23)28/h2-7H,8-15H2,1H3,(H2,23,28). The first-order valence-electron chi connectivity index (χ1n) is 10.4. The number of hydrogen-bond donors (Lipinski definition) is 1. The number of thioether (sulfide) groups is 2. The molecular formula is C22H27N5O2S2. The molecule has 164 valence electrons. The van der Waals surface area contributed by atoms with Gasteiger partial charge in [0.05, 0.1) is 29.9 Å². The molecule has 0 aliphatic carbocycles. The number of nitrogens with zero attached hydrogens (tertiary/aromatic N) is 4. The number of hydrogen-bond acceptors (Lipinski definition) is 7. The number of imidazole rings is 1. The van der Waals surface area contributed by atoms with Gasteiger partial charge in [0.1, 0.15) is 6.54 Å². The minimum Gasteiger partial charge on any atom is -0.379 e. The molecule has 0 spiro atoms. The van der Waals surface area contributed by atoms with E-state index in [-0.39, 0.29) is 12.5 Å². The van der Waals surface area contributed by atoms with Crippen LogP contribution in [0.4, 0.5) is 0 Å². The zero-order chi connectivity index (χ0) is 21.6. The largest absolute Gasteiger partial charge is 0.379 e. The summed E-state index contributed by atoms with van der Waals surface area (Å²) in [5, 5.41) is 0.784. The van der Waals surface area contributed by atoms with Crippen LogP contribution in [0.5, 0.6) is 0 Å². The molecule has 0 radical (unpaired) electrons. The SMILES string of the molecule is Cc1c(SCCN2CCOCC2)ccnc1CSc1nc2ccccc2n1CC(N)=O. The maximum Gasteiger partial charge on any atom is 0.237 e. The Kier molecular flexibility index (Phi) is 7.49. The Balaban J connectivity index is 1.43. The maximum absolute atomic E-state index is 11.6. The van der Waals surface area contributed by atoms with Gasteiger partial charge in [-0.15, -0.1) is 11.8 Å². The monoisotopic (exact) mass is 457 g/mol. The second-order valence-electron chi connectivity index (χ2n) is 7.41. The van der Waals surface area contributed by atoms with Crippen molar-refractivity contribution in [2.75, 3.05) is 38.6 Å². The van der Waals surface area contributed by atoms with Gasteiger partial charge in [-0.25, -0.2) is 4.98 Å². The minimum absolute atomic E-state index is 0.118. The Labute approximate surface area is 190 Å². The molecule has 1 aliphatic rings. The Morgan fingerprint density at radius 1 is 1.19 bits per heavy atom. The van der Waals surface area contributed by atoms with Gasteiger partial charge in [0, 0.05) is 42.2 Å². The van der Waals surface area contributed by atoms with Crippen LogP contribution in [0.2, 0.25) is 0 Å². The Hall–Kier alpha value is -2.07. The number of para-hydroxylation sites is 2. The molecule has 0 unspecified atom stereocenters. The molecule has 0 bridgehead atoms. The first kappa shape index (κ1) is 22.1. The lowest BCUT2D eigenvalue weighted by Gasteiger charge is -2.26. The third-order valence-corrected chi connectivity index (χ3v) is 7.43. The molecule has 1 aromatic carbocycles. The van der Waals surface area contributed by atoms with Crippen LogP contribution in [-0.4, -0.2) is 63.9 Å². The fraction of sp³-hybridized carbons (Fsp3) is 0.409. The molecule has 3 heterocycles. The zero-order valence-electron chi connectivity index (χ0n) is 17.6. The molecule has 2 N–H and O–H groups in total. The van der Waals surface area contributed by atoms with E-state index < -0.39 is 0 Å². The molecule has 31 heavy (non-hydrogen) atoms. The average Bonchev–Trinajstić information content (AvgIpc) is 3.12. The van der Waals surface area contributed by atoms with Gasteiger partial charge >= 0.3 is 0 Å². The number of fused-ring (bicyclic) bond motifs is 1. The number of primary amides is 1. The summed E-state index contributed by atoms with van der Waals surface area (Å²) in [7, 11) is 0. The van der Waals surface area contributed by atoms with E-state index in [9.17, 15) is 4.79 Å². The van der Waals surface area contributed by atoms with Crippen molar-refractivity contribution in [1.29, 1.82) is 0 Å². The summed E-state index contributed by atoms with van der Waals surface area (Å²) in [6.07, 6.45) is 1.88. The molecular weight excluding hydrogens is 430 g/mol. The Morgan fingerprint density at radius 2 is 2.00 bits per heavy atom. The van der Waals surface area contributed by atoms with Crippen LogP contribution >= 0.6 is 23.5 Å². The van der Waals surface area contributed by atoms with E-state index in [1.54, 1.807) is 11.8 Å². The number of pyridine rings is 1. The van der Waals surface area contributed by atoms with Crippen LogP contribution in [0.3, 0.4) is 0 Å². The van der Waals surface area contributed by atoms with E-state index in [4.69, 9.17) is 15.5 Å². The van der Waals surface area contributed by atoms with Crippen molar-refractivity contribution >= 4 is 40.5 Å². The van der Waals surface area contributed by atoms with Crippen LogP contribution in [0.1, 0.15) is 11.3 Å². The minimum atomic E-state index is -0.377. The summed E-state index contributed by atoms with van der Waals surface area (Å²) in [6, 6.07) is 9.90. The normalized spacial score (nSPS) is 14.9. The number of nitrogens with two attached hydrogens (primary N) is 1. The van der Waals surface area contributed by atoms with Crippen molar-refractivity contribution in [2.45, 2.75) is 29.3 Å². The summed E-state index contributed by atoms with van der Waals surface area (Å²) in [5.41, 5.74) is 9.50. The third kappa shape index (κ3) is 5.60. The van der Waals surface area contributed by atoms with E-state index in [1.807, 2.05) is 46.8 Å². The quantitative estimate of drug-likeness (QED) is 0.495. The van der Waals surface area contributed by atoms with E-state index in [0.717, 1.165) is 60.5 Å². The molecule has 1 aliphatic heterocycles. The summed E-state index contributed by atoms with van der Waals surface area (Å²) < 4.78 is 7.31. The molecule has 0 saturated carbocycles. The number of rotatable bonds is 9. The van der Waals surface area contributed by atoms with Crippen LogP contribution in [-0.2, 0) is 21.8 Å². The summed E-state index contributed by atoms with van der Waals surface area (Å²) >= 11 is 3.47. The van der Waals surface area contributed by atoms with Crippen molar-refractivity contribution in [2.24, 2.45) is 5.73 Å². The van der Waals surface area contributed by atoms with Crippen LogP contribution in [0.15, 0.2) is 46.6 Å². The molecule has 9 heteroatoms. The Morgan fingerprint density at radius 3 is 2.81 bits per heavy atom. The Bertz CT molecular complexity index is 1050. The number of amides is 1. The van der Waals surface area contributed by atoms with Gasteiger partial charge in [0.2, 0.25) is 5.91 Å². The number of ether oxygens (including phenoxy) is 1. The predicted molar refractivity (Wildman–Crippen MR) is 125 cm³/mol. The van der Waals surface area contributed by atoms with Crippen molar-refractivity contribution in [1.82, 2.24) is 19.4 Å². The van der Waals surface area contributed by atoms with Crippen molar-refractivity contribution in [3.8, 4) is 0 Å². The van der Waals surface area contributed by atoms with Gasteiger partial charge in [-0.05, 0) is 30.7 Å². The first-order valence-corrected chi connectivity index (χ1v) is 12.3. The van der Waals surface area contributed by atoms with Crippen LogP contribution in [0.25, 0.3) is 11.0 Å². The highest BCUT2D eigenvalue weighted by Gasteiger charge is 2.15. The van der Waals surface area contributed by atoms with Crippen molar-refractivity contribution in [3.05, 3.63) is 47.8 Å². The first-order chi connectivity index (χ1) is 15.1. The summed E-state index contributed by atoms with van der Waals surface area (Å²) in [4.78, 5) is 24.6. The lowest BCUT2D eigenvalue weighted by atomic mass is 10.2. The van der Waals surface area contributed by atoms with Gasteiger partial charge in [0.15, 0.2) is 5.16 Å². The lowest BCUT2D eigenvalue weighted by molar-refractivity contribution is -0.118. The van der Waals surface area contributed by atoms with Crippen molar-refractivity contribution < 1.29 is 9.53 Å². The van der Waals surface area contributed by atoms with E-state index in [2.05, 4.69) is 22.9 Å². The molecule has 0 atom stereocenters. The van der Waals surface area contributed by atoms with Gasteiger partial charge in [-0.2, -0.15) is 0 Å². The zero-order valence-corrected chi connectivity index (χ0v) is 19.3. The lowest BCUT2D eigenvalue weighted by Crippen LogP contribution is -2.37. The number of aromatic nitrogens is 3. The van der Waals surface area contributed by atoms with E-state index in [0.29, 0.717) is 5.75 Å². The fourth-order valence-electron chi connectivity index (χ4n) is 3.58. The van der Waals surface area contributed by atoms with Gasteiger partial charge in [0.25, 0.3) is 0 Å². The molecule has 7 nitrogen and oxygen atoms in total. The molecule has 4 rings (SSSR count). The predicted octanol–water partition coefficient (Wildman–Crippen LogP) is 2.94. The molecule has 2 aromatic heterocycles. The van der Waals surface area contributed by atoms with Gasteiger partial charge in [-0.3, -0.25) is 14.7 Å². The molecule has 1 saturated heterocycles. The number of morpholine rings is 1. The van der Waals surface area contributed by atoms with Gasteiger partial charge in [-0.1, -0.05) is 23.9 Å².